The summed E-state index contributed by atoms with van der Waals surface area (Å²) in [7, 11) is 0. The van der Waals surface area contributed by atoms with E-state index in [1.54, 1.807) is 0 Å². The van der Waals surface area contributed by atoms with Crippen LogP contribution >= 0.6 is 23.5 Å². The molecule has 0 radical (unpaired) electrons. The molecule has 0 aromatic heterocycles. The van der Waals surface area contributed by atoms with Crippen molar-refractivity contribution < 1.29 is 9.53 Å². The van der Waals surface area contributed by atoms with E-state index in [1.165, 1.54) is 16.7 Å². The third-order valence-corrected chi connectivity index (χ3v) is 6.86. The molecule has 4 heteroatoms. The molecule has 0 saturated heterocycles. The number of benzene rings is 2. The highest BCUT2D eigenvalue weighted by atomic mass is 32.2. The van der Waals surface area contributed by atoms with E-state index >= 15 is 0 Å². The Kier molecular flexibility index (Phi) is 8.42. The van der Waals surface area contributed by atoms with Gasteiger partial charge in [0, 0.05) is 16.7 Å². The van der Waals surface area contributed by atoms with Crippen LogP contribution in [0.1, 0.15) is 27.2 Å². The Morgan fingerprint density at radius 1 is 0.920 bits per heavy atom. The van der Waals surface area contributed by atoms with Gasteiger partial charge in [0.2, 0.25) is 0 Å². The first-order valence-electron chi connectivity index (χ1n) is 8.61. The van der Waals surface area contributed by atoms with Crippen molar-refractivity contribution in [2.75, 3.05) is 6.61 Å². The summed E-state index contributed by atoms with van der Waals surface area (Å²) in [5.74, 6) is 0.642. The first-order chi connectivity index (χ1) is 12.0. The minimum Gasteiger partial charge on any atom is -0.466 e. The van der Waals surface area contributed by atoms with Crippen molar-refractivity contribution >= 4 is 29.5 Å². The SMILES string of the molecule is CC(=O)OC[C@@H](C)C[C@@H](C)C(Sc1ccccc1)Sc1ccccc1. The number of hydrogen-bond acceptors (Lipinski definition) is 4. The maximum absolute atomic E-state index is 11.0. The van der Waals surface area contributed by atoms with Crippen LogP contribution in [0.15, 0.2) is 70.5 Å². The van der Waals surface area contributed by atoms with Crippen LogP contribution < -0.4 is 0 Å². The van der Waals surface area contributed by atoms with Gasteiger partial charge in [0.15, 0.2) is 0 Å². The van der Waals surface area contributed by atoms with Gasteiger partial charge in [-0.05, 0) is 42.5 Å². The summed E-state index contributed by atoms with van der Waals surface area (Å²) >= 11 is 3.83. The second kappa shape index (κ2) is 10.6. The van der Waals surface area contributed by atoms with Gasteiger partial charge in [-0.15, -0.1) is 23.5 Å². The lowest BCUT2D eigenvalue weighted by molar-refractivity contribution is -0.142. The average molecular weight is 375 g/mol. The quantitative estimate of drug-likeness (QED) is 0.300. The molecule has 0 aliphatic heterocycles. The highest BCUT2D eigenvalue weighted by Gasteiger charge is 2.22. The zero-order valence-corrected chi connectivity index (χ0v) is 16.7. The van der Waals surface area contributed by atoms with Crippen molar-refractivity contribution in [3.8, 4) is 0 Å². The first-order valence-corrected chi connectivity index (χ1v) is 10.4. The number of hydrogen-bond donors (Lipinski definition) is 0. The van der Waals surface area contributed by atoms with Gasteiger partial charge in [0.25, 0.3) is 0 Å². The Morgan fingerprint density at radius 2 is 1.40 bits per heavy atom. The fourth-order valence-corrected chi connectivity index (χ4v) is 5.31. The van der Waals surface area contributed by atoms with Crippen molar-refractivity contribution in [3.63, 3.8) is 0 Å². The minimum absolute atomic E-state index is 0.201. The molecule has 0 amide bonds. The highest BCUT2D eigenvalue weighted by Crippen LogP contribution is 2.41. The standard InChI is InChI=1S/C21H26O2S2/c1-16(15-23-18(3)22)14-17(2)21(24-19-10-6-4-7-11-19)25-20-12-8-5-9-13-20/h4-13,16-17,21H,14-15H2,1-3H3/t16-,17+/m0/s1. The monoisotopic (exact) mass is 374 g/mol. The van der Waals surface area contributed by atoms with Crippen LogP contribution in [-0.2, 0) is 9.53 Å². The molecule has 2 nitrogen and oxygen atoms in total. The second-order valence-corrected chi connectivity index (χ2v) is 9.08. The molecule has 2 aromatic rings. The average Bonchev–Trinajstić information content (AvgIpc) is 2.61. The van der Waals surface area contributed by atoms with Crippen LogP contribution in [0.2, 0.25) is 0 Å². The smallest absolute Gasteiger partial charge is 0.302 e. The van der Waals surface area contributed by atoms with Gasteiger partial charge in [-0.3, -0.25) is 4.79 Å². The number of carbonyl (C=O) groups is 1. The number of thioether (sulfide) groups is 2. The number of rotatable bonds is 9. The van der Waals surface area contributed by atoms with Gasteiger partial charge in [-0.1, -0.05) is 50.2 Å². The van der Waals surface area contributed by atoms with E-state index in [9.17, 15) is 4.79 Å². The molecular formula is C21H26O2S2. The van der Waals surface area contributed by atoms with Crippen molar-refractivity contribution in [2.24, 2.45) is 11.8 Å². The molecule has 25 heavy (non-hydrogen) atoms. The molecule has 0 aliphatic rings. The Balaban J connectivity index is 2.03. The summed E-state index contributed by atoms with van der Waals surface area (Å²) in [5, 5.41) is 0. The maximum atomic E-state index is 11.0. The van der Waals surface area contributed by atoms with Crippen molar-refractivity contribution in [2.45, 2.75) is 41.6 Å². The van der Waals surface area contributed by atoms with Crippen LogP contribution in [0.25, 0.3) is 0 Å². The van der Waals surface area contributed by atoms with E-state index in [0.29, 0.717) is 23.0 Å². The molecular weight excluding hydrogens is 348 g/mol. The Labute approximate surface area is 159 Å². The molecule has 0 N–H and O–H groups in total. The number of carbonyl (C=O) groups excluding carboxylic acids is 1. The number of ether oxygens (including phenoxy) is 1. The summed E-state index contributed by atoms with van der Waals surface area (Å²) in [4.78, 5) is 13.6. The summed E-state index contributed by atoms with van der Waals surface area (Å²) in [5.41, 5.74) is 0. The lowest BCUT2D eigenvalue weighted by Crippen LogP contribution is -2.18. The first kappa shape index (κ1) is 19.9. The zero-order chi connectivity index (χ0) is 18.1. The van der Waals surface area contributed by atoms with E-state index in [2.05, 4.69) is 62.4 Å². The molecule has 0 unspecified atom stereocenters. The summed E-state index contributed by atoms with van der Waals surface area (Å²) in [6, 6.07) is 21.1. The van der Waals surface area contributed by atoms with Crippen molar-refractivity contribution in [3.05, 3.63) is 60.7 Å². The molecule has 0 saturated carbocycles. The fourth-order valence-electron chi connectivity index (χ4n) is 2.60. The van der Waals surface area contributed by atoms with Crippen molar-refractivity contribution in [1.29, 1.82) is 0 Å². The van der Waals surface area contributed by atoms with Gasteiger partial charge >= 0.3 is 5.97 Å². The molecule has 0 spiro atoms. The largest absolute Gasteiger partial charge is 0.466 e. The Bertz CT molecular complexity index is 589. The third kappa shape index (κ3) is 7.57. The van der Waals surface area contributed by atoms with Gasteiger partial charge in [0.05, 0.1) is 11.2 Å². The predicted octanol–water partition coefficient (Wildman–Crippen LogP) is 6.12. The lowest BCUT2D eigenvalue weighted by atomic mass is 9.99. The fraction of sp³-hybridized carbons (Fsp3) is 0.381. The molecule has 134 valence electrons. The minimum atomic E-state index is -0.201. The van der Waals surface area contributed by atoms with E-state index in [-0.39, 0.29) is 5.97 Å². The van der Waals surface area contributed by atoms with Gasteiger partial charge in [0.1, 0.15) is 0 Å². The molecule has 0 bridgehead atoms. The molecule has 0 fully saturated rings. The van der Waals surface area contributed by atoms with E-state index in [0.717, 1.165) is 6.42 Å². The van der Waals surface area contributed by atoms with Crippen LogP contribution in [0, 0.1) is 11.8 Å². The van der Waals surface area contributed by atoms with Crippen LogP contribution in [0.4, 0.5) is 0 Å². The zero-order valence-electron chi connectivity index (χ0n) is 15.1. The summed E-state index contributed by atoms with van der Waals surface area (Å²) < 4.78 is 5.58. The molecule has 2 aromatic carbocycles. The van der Waals surface area contributed by atoms with E-state index in [1.807, 2.05) is 35.7 Å². The third-order valence-electron chi connectivity index (χ3n) is 3.80. The maximum Gasteiger partial charge on any atom is 0.302 e. The molecule has 0 aliphatic carbocycles. The van der Waals surface area contributed by atoms with Gasteiger partial charge in [-0.2, -0.15) is 0 Å². The van der Waals surface area contributed by atoms with Gasteiger partial charge in [-0.25, -0.2) is 0 Å². The van der Waals surface area contributed by atoms with Crippen molar-refractivity contribution in [1.82, 2.24) is 0 Å². The molecule has 0 heterocycles. The van der Waals surface area contributed by atoms with Crippen LogP contribution in [-0.4, -0.2) is 17.2 Å². The lowest BCUT2D eigenvalue weighted by Gasteiger charge is -2.25. The van der Waals surface area contributed by atoms with E-state index in [4.69, 9.17) is 4.74 Å². The molecule has 2 atom stereocenters. The normalized spacial score (nSPS) is 13.4. The summed E-state index contributed by atoms with van der Waals surface area (Å²) in [6.07, 6.45) is 1.03. The second-order valence-electron chi connectivity index (χ2n) is 6.35. The van der Waals surface area contributed by atoms with Crippen LogP contribution in [0.5, 0.6) is 0 Å². The molecule has 2 rings (SSSR count). The number of esters is 1. The summed E-state index contributed by atoms with van der Waals surface area (Å²) in [6.45, 7) is 6.41. The van der Waals surface area contributed by atoms with E-state index < -0.39 is 0 Å². The van der Waals surface area contributed by atoms with Gasteiger partial charge < -0.3 is 4.74 Å². The Morgan fingerprint density at radius 3 is 1.84 bits per heavy atom. The predicted molar refractivity (Wildman–Crippen MR) is 108 cm³/mol. The highest BCUT2D eigenvalue weighted by molar-refractivity contribution is 8.17. The topological polar surface area (TPSA) is 26.3 Å². The Hall–Kier alpha value is -1.39. The van der Waals surface area contributed by atoms with Crippen LogP contribution in [0.3, 0.4) is 0 Å².